The molecule has 0 spiro atoms. The number of hydrogen-bond donors (Lipinski definition) is 0. The molecule has 2 aliphatic rings. The Labute approximate surface area is 112 Å². The van der Waals surface area contributed by atoms with Gasteiger partial charge in [-0.25, -0.2) is 0 Å². The molecule has 0 N–H and O–H groups in total. The summed E-state index contributed by atoms with van der Waals surface area (Å²) in [5, 5.41) is 0. The van der Waals surface area contributed by atoms with Crippen molar-refractivity contribution in [1.82, 2.24) is 0 Å². The number of ether oxygens (including phenoxy) is 3. The molecule has 1 heterocycles. The Bertz CT molecular complexity index is 413. The average Bonchev–Trinajstić information content (AvgIpc) is 2.36. The SMILES string of the molecule is CC(=O)OC[C@@]1(C)O[C@@](C)(COC(C)=O)C2=C1CC2. The second kappa shape index (κ2) is 4.63. The first-order valence-electron chi connectivity index (χ1n) is 6.47. The zero-order chi connectivity index (χ0) is 14.3. The van der Waals surface area contributed by atoms with Crippen LogP contribution in [0.1, 0.15) is 40.5 Å². The largest absolute Gasteiger partial charge is 0.462 e. The third kappa shape index (κ3) is 2.52. The van der Waals surface area contributed by atoms with Gasteiger partial charge in [-0.15, -0.1) is 0 Å². The van der Waals surface area contributed by atoms with E-state index in [1.54, 1.807) is 0 Å². The van der Waals surface area contributed by atoms with E-state index in [0.717, 1.165) is 12.8 Å². The molecule has 2 atom stereocenters. The van der Waals surface area contributed by atoms with Crippen molar-refractivity contribution in [1.29, 1.82) is 0 Å². The van der Waals surface area contributed by atoms with E-state index < -0.39 is 11.2 Å². The van der Waals surface area contributed by atoms with Crippen molar-refractivity contribution < 1.29 is 23.8 Å². The van der Waals surface area contributed by atoms with Crippen LogP contribution in [0.3, 0.4) is 0 Å². The first kappa shape index (κ1) is 14.1. The lowest BCUT2D eigenvalue weighted by atomic mass is 9.76. The third-order valence-electron chi connectivity index (χ3n) is 3.82. The Morgan fingerprint density at radius 1 is 1.00 bits per heavy atom. The monoisotopic (exact) mass is 268 g/mol. The number of carbonyl (C=O) groups excluding carboxylic acids is 2. The van der Waals surface area contributed by atoms with Gasteiger partial charge in [-0.05, 0) is 37.8 Å². The maximum Gasteiger partial charge on any atom is 0.302 e. The molecule has 5 heteroatoms. The quantitative estimate of drug-likeness (QED) is 0.574. The van der Waals surface area contributed by atoms with Crippen molar-refractivity contribution >= 4 is 11.9 Å². The molecule has 0 aromatic carbocycles. The molecule has 0 bridgehead atoms. The molecule has 0 aromatic rings. The highest BCUT2D eigenvalue weighted by Gasteiger charge is 2.54. The van der Waals surface area contributed by atoms with Gasteiger partial charge in [0.15, 0.2) is 0 Å². The van der Waals surface area contributed by atoms with E-state index >= 15 is 0 Å². The predicted octanol–water partition coefficient (Wildman–Crippen LogP) is 1.75. The van der Waals surface area contributed by atoms with Gasteiger partial charge in [0.25, 0.3) is 0 Å². The van der Waals surface area contributed by atoms with Gasteiger partial charge in [-0.3, -0.25) is 9.59 Å². The van der Waals surface area contributed by atoms with Crippen molar-refractivity contribution in [3.05, 3.63) is 11.1 Å². The molecule has 1 aliphatic heterocycles. The van der Waals surface area contributed by atoms with Gasteiger partial charge >= 0.3 is 11.9 Å². The summed E-state index contributed by atoms with van der Waals surface area (Å²) in [6, 6.07) is 0. The molecule has 5 nitrogen and oxygen atoms in total. The highest BCUT2D eigenvalue weighted by molar-refractivity contribution is 5.66. The Morgan fingerprint density at radius 3 is 1.63 bits per heavy atom. The van der Waals surface area contributed by atoms with E-state index in [1.807, 2.05) is 13.8 Å². The maximum absolute atomic E-state index is 11.0. The normalized spacial score (nSPS) is 32.6. The first-order chi connectivity index (χ1) is 8.77. The standard InChI is InChI=1S/C14H20O5/c1-9(15)17-7-13(3)11-5-6-12(11)14(4,19-13)8-18-10(2)16/h5-8H2,1-4H3/t13-,14+. The molecule has 0 saturated carbocycles. The van der Waals surface area contributed by atoms with Crippen LogP contribution in [-0.2, 0) is 23.8 Å². The van der Waals surface area contributed by atoms with Gasteiger partial charge in [-0.2, -0.15) is 0 Å². The van der Waals surface area contributed by atoms with Crippen LogP contribution in [0.2, 0.25) is 0 Å². The fourth-order valence-corrected chi connectivity index (χ4v) is 2.87. The summed E-state index contributed by atoms with van der Waals surface area (Å²) in [5.74, 6) is -0.639. The Hall–Kier alpha value is -1.36. The molecule has 0 fully saturated rings. The van der Waals surface area contributed by atoms with Crippen LogP contribution in [-0.4, -0.2) is 36.4 Å². The predicted molar refractivity (Wildman–Crippen MR) is 67.4 cm³/mol. The molecule has 0 unspecified atom stereocenters. The van der Waals surface area contributed by atoms with Crippen LogP contribution in [0.5, 0.6) is 0 Å². The zero-order valence-electron chi connectivity index (χ0n) is 11.9. The second-order valence-electron chi connectivity index (χ2n) is 5.58. The topological polar surface area (TPSA) is 61.8 Å². The highest BCUT2D eigenvalue weighted by atomic mass is 16.6. The molecular weight excluding hydrogens is 248 g/mol. The fraction of sp³-hybridized carbons (Fsp3) is 0.714. The van der Waals surface area contributed by atoms with Gasteiger partial charge < -0.3 is 14.2 Å². The second-order valence-corrected chi connectivity index (χ2v) is 5.58. The molecular formula is C14H20O5. The number of esters is 2. The van der Waals surface area contributed by atoms with E-state index in [0.29, 0.717) is 0 Å². The zero-order valence-corrected chi connectivity index (χ0v) is 11.9. The van der Waals surface area contributed by atoms with E-state index in [2.05, 4.69) is 0 Å². The first-order valence-corrected chi connectivity index (χ1v) is 6.47. The third-order valence-corrected chi connectivity index (χ3v) is 3.82. The van der Waals surface area contributed by atoms with Gasteiger partial charge in [0.05, 0.1) is 0 Å². The Balaban J connectivity index is 2.11. The van der Waals surface area contributed by atoms with E-state index in [-0.39, 0.29) is 25.2 Å². The minimum Gasteiger partial charge on any atom is -0.462 e. The number of hydrogen-bond acceptors (Lipinski definition) is 5. The summed E-state index contributed by atoms with van der Waals surface area (Å²) in [4.78, 5) is 21.9. The number of carbonyl (C=O) groups is 2. The highest BCUT2D eigenvalue weighted by Crippen LogP contribution is 2.52. The summed E-state index contributed by atoms with van der Waals surface area (Å²) < 4.78 is 16.3. The van der Waals surface area contributed by atoms with Gasteiger partial charge in [-0.1, -0.05) is 0 Å². The molecule has 0 saturated heterocycles. The van der Waals surface area contributed by atoms with E-state index in [1.165, 1.54) is 25.0 Å². The molecule has 106 valence electrons. The van der Waals surface area contributed by atoms with Crippen molar-refractivity contribution in [3.8, 4) is 0 Å². The summed E-state index contributed by atoms with van der Waals surface area (Å²) in [7, 11) is 0. The molecule has 0 radical (unpaired) electrons. The van der Waals surface area contributed by atoms with Gasteiger partial charge in [0.2, 0.25) is 0 Å². The summed E-state index contributed by atoms with van der Waals surface area (Å²) in [6.45, 7) is 7.01. The van der Waals surface area contributed by atoms with Crippen molar-refractivity contribution in [2.75, 3.05) is 13.2 Å². The van der Waals surface area contributed by atoms with Crippen LogP contribution in [0.15, 0.2) is 11.1 Å². The lowest BCUT2D eigenvalue weighted by molar-refractivity contribution is -0.165. The van der Waals surface area contributed by atoms with Crippen LogP contribution in [0.4, 0.5) is 0 Å². The molecule has 0 amide bonds. The fourth-order valence-electron chi connectivity index (χ4n) is 2.87. The lowest BCUT2D eigenvalue weighted by Gasteiger charge is -2.31. The van der Waals surface area contributed by atoms with E-state index in [4.69, 9.17) is 14.2 Å². The molecule has 1 aliphatic carbocycles. The maximum atomic E-state index is 11.0. The molecule has 19 heavy (non-hydrogen) atoms. The lowest BCUT2D eigenvalue weighted by Crippen LogP contribution is -2.41. The Kier molecular flexibility index (Phi) is 3.43. The van der Waals surface area contributed by atoms with Crippen LogP contribution in [0.25, 0.3) is 0 Å². The summed E-state index contributed by atoms with van der Waals surface area (Å²) in [6.07, 6.45) is 1.89. The molecule has 0 aromatic heterocycles. The van der Waals surface area contributed by atoms with E-state index in [9.17, 15) is 9.59 Å². The van der Waals surface area contributed by atoms with Crippen LogP contribution in [0, 0.1) is 0 Å². The van der Waals surface area contributed by atoms with Crippen LogP contribution >= 0.6 is 0 Å². The van der Waals surface area contributed by atoms with Crippen molar-refractivity contribution in [3.63, 3.8) is 0 Å². The van der Waals surface area contributed by atoms with Crippen LogP contribution < -0.4 is 0 Å². The van der Waals surface area contributed by atoms with Crippen molar-refractivity contribution in [2.24, 2.45) is 0 Å². The van der Waals surface area contributed by atoms with Crippen molar-refractivity contribution in [2.45, 2.75) is 51.7 Å². The minimum absolute atomic E-state index is 0.205. The number of rotatable bonds is 4. The Morgan fingerprint density at radius 2 is 1.37 bits per heavy atom. The smallest absolute Gasteiger partial charge is 0.302 e. The minimum atomic E-state index is -0.589. The summed E-state index contributed by atoms with van der Waals surface area (Å²) >= 11 is 0. The van der Waals surface area contributed by atoms with Gasteiger partial charge in [0, 0.05) is 13.8 Å². The summed E-state index contributed by atoms with van der Waals surface area (Å²) in [5.41, 5.74) is 1.19. The average molecular weight is 268 g/mol. The molecule has 2 rings (SSSR count). The van der Waals surface area contributed by atoms with Gasteiger partial charge in [0.1, 0.15) is 24.4 Å².